The Morgan fingerprint density at radius 2 is 2.10 bits per heavy atom. The van der Waals surface area contributed by atoms with Gasteiger partial charge >= 0.3 is 5.97 Å². The zero-order valence-electron chi connectivity index (χ0n) is 16.1. The minimum Gasteiger partial charge on any atom is -0.506 e. The number of halogens is 1. The van der Waals surface area contributed by atoms with E-state index in [0.717, 1.165) is 15.9 Å². The van der Waals surface area contributed by atoms with Gasteiger partial charge < -0.3 is 20.2 Å². The van der Waals surface area contributed by atoms with Crippen molar-refractivity contribution in [2.24, 2.45) is 4.99 Å². The molecule has 10 heteroatoms. The molecule has 0 saturated heterocycles. The molecule has 5 rings (SSSR count). The number of phenols is 1. The smallest absolute Gasteiger partial charge is 0.332 e. The second-order valence-electron chi connectivity index (χ2n) is 7.34. The summed E-state index contributed by atoms with van der Waals surface area (Å²) >= 11 is 2.82. The Kier molecular flexibility index (Phi) is 4.90. The number of aliphatic carboxylic acids is 1. The first-order valence-corrected chi connectivity index (χ1v) is 11.4. The van der Waals surface area contributed by atoms with Crippen molar-refractivity contribution in [2.45, 2.75) is 17.1 Å². The maximum absolute atomic E-state index is 13.5. The summed E-state index contributed by atoms with van der Waals surface area (Å²) in [7, 11) is 0. The van der Waals surface area contributed by atoms with Crippen LogP contribution in [0.25, 0.3) is 21.9 Å². The molecule has 1 atom stereocenters. The van der Waals surface area contributed by atoms with Crippen LogP contribution in [-0.2, 0) is 11.2 Å². The molecule has 0 saturated carbocycles. The van der Waals surface area contributed by atoms with E-state index < -0.39 is 11.5 Å². The highest BCUT2D eigenvalue weighted by Gasteiger charge is 2.43. The Morgan fingerprint density at radius 1 is 1.23 bits per heavy atom. The first-order chi connectivity index (χ1) is 14.9. The number of nitrogens with one attached hydrogen (secondary N) is 2. The van der Waals surface area contributed by atoms with Crippen molar-refractivity contribution in [3.63, 3.8) is 0 Å². The van der Waals surface area contributed by atoms with Crippen molar-refractivity contribution >= 4 is 56.5 Å². The monoisotopic (exact) mass is 456 g/mol. The Morgan fingerprint density at radius 3 is 2.90 bits per heavy atom. The van der Waals surface area contributed by atoms with Crippen LogP contribution in [-0.4, -0.2) is 53.2 Å². The Hall–Kier alpha value is -2.98. The van der Waals surface area contributed by atoms with E-state index in [1.54, 1.807) is 18.2 Å². The summed E-state index contributed by atoms with van der Waals surface area (Å²) in [6.07, 6.45) is 0.193. The van der Waals surface area contributed by atoms with Gasteiger partial charge in [0.05, 0.1) is 10.6 Å². The molecule has 0 fully saturated rings. The van der Waals surface area contributed by atoms with Gasteiger partial charge in [-0.1, -0.05) is 17.8 Å². The number of thioether (sulfide) groups is 2. The zero-order chi connectivity index (χ0) is 21.6. The van der Waals surface area contributed by atoms with Gasteiger partial charge in [0.2, 0.25) is 0 Å². The lowest BCUT2D eigenvalue weighted by Gasteiger charge is -2.19. The van der Waals surface area contributed by atoms with Crippen LogP contribution in [0.1, 0.15) is 5.69 Å². The second-order valence-corrected chi connectivity index (χ2v) is 9.35. The third-order valence-corrected chi connectivity index (χ3v) is 7.40. The van der Waals surface area contributed by atoms with Gasteiger partial charge in [-0.05, 0) is 41.8 Å². The number of aromatic amines is 2. The average Bonchev–Trinajstić information content (AvgIpc) is 3.43. The molecule has 2 aromatic carbocycles. The number of fused-ring (bicyclic) bond motifs is 2. The minimum absolute atomic E-state index is 0.108. The first kappa shape index (κ1) is 20.0. The van der Waals surface area contributed by atoms with Crippen molar-refractivity contribution in [1.82, 2.24) is 15.0 Å². The molecule has 1 aliphatic rings. The van der Waals surface area contributed by atoms with Crippen LogP contribution in [0.3, 0.4) is 0 Å². The molecule has 3 heterocycles. The molecule has 0 radical (unpaired) electrons. The first-order valence-electron chi connectivity index (χ1n) is 9.44. The van der Waals surface area contributed by atoms with E-state index in [-0.39, 0.29) is 18.0 Å². The maximum atomic E-state index is 13.5. The van der Waals surface area contributed by atoms with Gasteiger partial charge in [-0.15, -0.1) is 11.8 Å². The van der Waals surface area contributed by atoms with Crippen molar-refractivity contribution in [3.05, 3.63) is 54.0 Å². The van der Waals surface area contributed by atoms with Crippen LogP contribution >= 0.6 is 23.5 Å². The fourth-order valence-electron chi connectivity index (χ4n) is 3.62. The number of aliphatic imine (C=N–C) groups is 1. The maximum Gasteiger partial charge on any atom is 0.332 e. The van der Waals surface area contributed by atoms with Crippen molar-refractivity contribution in [3.8, 4) is 5.75 Å². The molecule has 2 aromatic heterocycles. The van der Waals surface area contributed by atoms with E-state index in [2.05, 4.69) is 19.9 Å². The number of hydrogen-bond donors (Lipinski definition) is 4. The third-order valence-electron chi connectivity index (χ3n) is 5.14. The van der Waals surface area contributed by atoms with Crippen molar-refractivity contribution in [1.29, 1.82) is 0 Å². The van der Waals surface area contributed by atoms with Crippen molar-refractivity contribution in [2.75, 3.05) is 11.5 Å². The van der Waals surface area contributed by atoms with Crippen LogP contribution in [0.2, 0.25) is 0 Å². The molecule has 4 aromatic rings. The lowest BCUT2D eigenvalue weighted by atomic mass is 9.96. The molecular weight excluding hydrogens is 439 g/mol. The Labute approximate surface area is 184 Å². The van der Waals surface area contributed by atoms with Gasteiger partial charge in [-0.3, -0.25) is 4.99 Å². The van der Waals surface area contributed by atoms with Gasteiger partial charge in [0.25, 0.3) is 0 Å². The number of para-hydroxylation sites is 1. The number of aromatic hydroxyl groups is 1. The summed E-state index contributed by atoms with van der Waals surface area (Å²) in [6.45, 7) is 0. The number of hydrogen-bond acceptors (Lipinski definition) is 6. The van der Waals surface area contributed by atoms with Crippen LogP contribution in [0, 0.1) is 5.82 Å². The van der Waals surface area contributed by atoms with E-state index in [1.165, 1.54) is 35.7 Å². The number of carboxylic acids is 1. The lowest BCUT2D eigenvalue weighted by molar-refractivity contribution is -0.142. The molecule has 1 unspecified atom stereocenters. The Bertz CT molecular complexity index is 1350. The quantitative estimate of drug-likeness (QED) is 0.324. The van der Waals surface area contributed by atoms with Gasteiger partial charge in [-0.2, -0.15) is 0 Å². The predicted molar refractivity (Wildman–Crippen MR) is 121 cm³/mol. The molecule has 0 spiro atoms. The second kappa shape index (κ2) is 7.61. The van der Waals surface area contributed by atoms with E-state index >= 15 is 0 Å². The molecule has 4 N–H and O–H groups in total. The van der Waals surface area contributed by atoms with Crippen LogP contribution < -0.4 is 0 Å². The van der Waals surface area contributed by atoms with Gasteiger partial charge in [0.15, 0.2) is 10.7 Å². The molecule has 158 valence electrons. The predicted octanol–water partition coefficient (Wildman–Crippen LogP) is 4.19. The molecule has 0 aliphatic carbocycles. The molecular formula is C21H17FN4O3S2. The highest BCUT2D eigenvalue weighted by Crippen LogP contribution is 2.35. The lowest BCUT2D eigenvalue weighted by Crippen LogP contribution is -2.39. The van der Waals surface area contributed by atoms with E-state index in [4.69, 9.17) is 0 Å². The SMILES string of the molecule is O=C(O)C1(Cc2cc3ccc(F)cc3[nH]2)CSC(CSc2nc3c(O)cccc3[nH]2)=N1. The molecule has 7 nitrogen and oxygen atoms in total. The fourth-order valence-corrected chi connectivity index (χ4v) is 5.73. The number of carboxylic acid groups (broad SMARTS) is 1. The largest absolute Gasteiger partial charge is 0.506 e. The topological polar surface area (TPSA) is 114 Å². The number of nitrogens with zero attached hydrogens (tertiary/aromatic N) is 2. The normalized spacial score (nSPS) is 18.7. The average molecular weight is 457 g/mol. The summed E-state index contributed by atoms with van der Waals surface area (Å²) in [4.78, 5) is 27.3. The summed E-state index contributed by atoms with van der Waals surface area (Å²) in [5.41, 5.74) is 1.30. The number of carbonyl (C=O) groups is 1. The standard InChI is InChI=1S/C21H17FN4O3S2/c22-12-5-4-11-6-13(23-15(11)7-12)8-21(19(28)29)10-31-17(26-21)9-30-20-24-14-2-1-3-16(27)18(14)25-20/h1-7,23,27H,8-10H2,(H,24,25)(H,28,29). The van der Waals surface area contributed by atoms with Gasteiger partial charge in [0.1, 0.15) is 17.1 Å². The van der Waals surface area contributed by atoms with Gasteiger partial charge in [0, 0.05) is 29.1 Å². The Balaban J connectivity index is 1.35. The van der Waals surface area contributed by atoms with E-state index in [0.29, 0.717) is 33.4 Å². The van der Waals surface area contributed by atoms with Crippen LogP contribution in [0.4, 0.5) is 4.39 Å². The summed E-state index contributed by atoms with van der Waals surface area (Å²) in [6, 6.07) is 11.4. The highest BCUT2D eigenvalue weighted by atomic mass is 32.2. The summed E-state index contributed by atoms with van der Waals surface area (Å²) in [5.74, 6) is -0.433. The number of rotatable bonds is 6. The number of benzene rings is 2. The van der Waals surface area contributed by atoms with Gasteiger partial charge in [-0.25, -0.2) is 14.2 Å². The van der Waals surface area contributed by atoms with Crippen LogP contribution in [0.15, 0.2) is 52.6 Å². The van der Waals surface area contributed by atoms with E-state index in [1.807, 2.05) is 12.1 Å². The zero-order valence-corrected chi connectivity index (χ0v) is 17.7. The van der Waals surface area contributed by atoms with Crippen LogP contribution in [0.5, 0.6) is 5.75 Å². The molecule has 31 heavy (non-hydrogen) atoms. The number of imidazole rings is 1. The molecule has 1 aliphatic heterocycles. The van der Waals surface area contributed by atoms with E-state index in [9.17, 15) is 19.4 Å². The number of phenolic OH excluding ortho intramolecular Hbond substituents is 1. The fraction of sp³-hybridized carbons (Fsp3) is 0.190. The summed E-state index contributed by atoms with van der Waals surface area (Å²) < 4.78 is 13.5. The number of aromatic nitrogens is 3. The number of H-pyrrole nitrogens is 2. The highest BCUT2D eigenvalue weighted by molar-refractivity contribution is 8.16. The molecule has 0 amide bonds. The third kappa shape index (κ3) is 3.77. The molecule has 0 bridgehead atoms. The summed E-state index contributed by atoms with van der Waals surface area (Å²) in [5, 5.41) is 22.0. The minimum atomic E-state index is -1.27. The van der Waals surface area contributed by atoms with Crippen molar-refractivity contribution < 1.29 is 19.4 Å².